The number of fused-ring (bicyclic) bond motifs is 2. The summed E-state index contributed by atoms with van der Waals surface area (Å²) in [5.41, 5.74) is 3.37. The minimum Gasteiger partial charge on any atom is -0.338 e. The van der Waals surface area contributed by atoms with Crippen molar-refractivity contribution in [2.24, 2.45) is 0 Å². The Balaban J connectivity index is 1.44. The van der Waals surface area contributed by atoms with E-state index in [1.54, 1.807) is 30.3 Å². The summed E-state index contributed by atoms with van der Waals surface area (Å²) in [6, 6.07) is 12.1. The summed E-state index contributed by atoms with van der Waals surface area (Å²) >= 11 is 0. The largest absolute Gasteiger partial charge is 0.338 e. The van der Waals surface area contributed by atoms with Gasteiger partial charge >= 0.3 is 0 Å². The molecule has 7 heteroatoms. The van der Waals surface area contributed by atoms with Crippen molar-refractivity contribution in [3.8, 4) is 0 Å². The average Bonchev–Trinajstić information content (AvgIpc) is 2.97. The third-order valence-corrected chi connectivity index (χ3v) is 5.34. The van der Waals surface area contributed by atoms with Gasteiger partial charge in [-0.05, 0) is 41.8 Å². The first kappa shape index (κ1) is 18.9. The van der Waals surface area contributed by atoms with Crippen LogP contribution < -0.4 is 5.32 Å². The topological polar surface area (TPSA) is 86.8 Å². The minimum atomic E-state index is -0.458. The quantitative estimate of drug-likeness (QED) is 0.810. The number of nitrogens with zero attached hydrogens (tertiary/aromatic N) is 2. The molecular weight excluding hydrogens is 370 g/mol. The third-order valence-electron chi connectivity index (χ3n) is 5.34. The van der Waals surface area contributed by atoms with E-state index in [-0.39, 0.29) is 12.5 Å². The van der Waals surface area contributed by atoms with Crippen LogP contribution in [0.2, 0.25) is 0 Å². The van der Waals surface area contributed by atoms with Crippen LogP contribution in [0.3, 0.4) is 0 Å². The number of amides is 4. The van der Waals surface area contributed by atoms with Gasteiger partial charge in [0.1, 0.15) is 6.54 Å². The molecule has 2 aliphatic heterocycles. The Kier molecular flexibility index (Phi) is 4.88. The van der Waals surface area contributed by atoms with Crippen LogP contribution in [0, 0.1) is 0 Å². The van der Waals surface area contributed by atoms with Crippen LogP contribution in [0.4, 0.5) is 5.69 Å². The van der Waals surface area contributed by atoms with Crippen LogP contribution in [-0.2, 0) is 22.6 Å². The van der Waals surface area contributed by atoms with Crippen molar-refractivity contribution in [2.75, 3.05) is 18.4 Å². The van der Waals surface area contributed by atoms with E-state index in [1.807, 2.05) is 24.0 Å². The lowest BCUT2D eigenvalue weighted by Gasteiger charge is -2.29. The van der Waals surface area contributed by atoms with Crippen LogP contribution in [0.5, 0.6) is 0 Å². The van der Waals surface area contributed by atoms with Crippen molar-refractivity contribution in [1.82, 2.24) is 9.80 Å². The van der Waals surface area contributed by atoms with E-state index in [1.165, 1.54) is 0 Å². The average molecular weight is 391 g/mol. The molecule has 2 aliphatic rings. The molecule has 0 fully saturated rings. The molecule has 0 unspecified atom stereocenters. The lowest BCUT2D eigenvalue weighted by Crippen LogP contribution is -2.37. The van der Waals surface area contributed by atoms with E-state index in [4.69, 9.17) is 0 Å². The number of benzene rings is 2. The number of carbonyl (C=O) groups excluding carboxylic acids is 4. The Morgan fingerprint density at radius 2 is 1.69 bits per heavy atom. The Morgan fingerprint density at radius 1 is 1.00 bits per heavy atom. The van der Waals surface area contributed by atoms with E-state index in [0.29, 0.717) is 36.3 Å². The summed E-state index contributed by atoms with van der Waals surface area (Å²) < 4.78 is 0. The molecule has 0 radical (unpaired) electrons. The molecule has 0 aromatic heterocycles. The highest BCUT2D eigenvalue weighted by atomic mass is 16.2. The molecule has 2 aromatic carbocycles. The molecule has 4 amide bonds. The molecule has 7 nitrogen and oxygen atoms in total. The van der Waals surface area contributed by atoms with E-state index in [2.05, 4.69) is 5.32 Å². The Labute approximate surface area is 168 Å². The summed E-state index contributed by atoms with van der Waals surface area (Å²) in [4.78, 5) is 52.0. The van der Waals surface area contributed by atoms with Gasteiger partial charge in [-0.2, -0.15) is 0 Å². The van der Waals surface area contributed by atoms with Gasteiger partial charge in [0.05, 0.1) is 11.1 Å². The fourth-order valence-corrected chi connectivity index (χ4v) is 3.80. The first-order valence-corrected chi connectivity index (χ1v) is 9.62. The van der Waals surface area contributed by atoms with Crippen molar-refractivity contribution in [3.05, 3.63) is 64.7 Å². The van der Waals surface area contributed by atoms with Crippen molar-refractivity contribution < 1.29 is 19.2 Å². The first-order valence-electron chi connectivity index (χ1n) is 9.62. The van der Waals surface area contributed by atoms with Crippen molar-refractivity contribution in [3.63, 3.8) is 0 Å². The zero-order valence-electron chi connectivity index (χ0n) is 16.1. The maximum absolute atomic E-state index is 12.5. The maximum atomic E-state index is 12.5. The van der Waals surface area contributed by atoms with Gasteiger partial charge in [-0.15, -0.1) is 0 Å². The molecule has 0 bridgehead atoms. The highest BCUT2D eigenvalue weighted by Gasteiger charge is 2.36. The van der Waals surface area contributed by atoms with Crippen LogP contribution in [0.25, 0.3) is 0 Å². The molecule has 2 aromatic rings. The SMILES string of the molecule is CCC(=O)N1CCc2ccc(NC(=O)CN3C(=O)c4ccccc4C3=O)cc2C1. The van der Waals surface area contributed by atoms with Gasteiger partial charge in [0.2, 0.25) is 11.8 Å². The second-order valence-electron chi connectivity index (χ2n) is 7.19. The normalized spacial score (nSPS) is 15.2. The molecule has 29 heavy (non-hydrogen) atoms. The molecule has 0 atom stereocenters. The van der Waals surface area contributed by atoms with Crippen molar-refractivity contribution >= 4 is 29.3 Å². The van der Waals surface area contributed by atoms with E-state index < -0.39 is 17.7 Å². The maximum Gasteiger partial charge on any atom is 0.262 e. The number of carbonyl (C=O) groups is 4. The fraction of sp³-hybridized carbons (Fsp3) is 0.273. The van der Waals surface area contributed by atoms with Crippen molar-refractivity contribution in [2.45, 2.75) is 26.3 Å². The molecule has 0 saturated carbocycles. The summed E-state index contributed by atoms with van der Waals surface area (Å²) in [5, 5.41) is 2.76. The number of imide groups is 1. The molecule has 0 spiro atoms. The number of hydrogen-bond acceptors (Lipinski definition) is 4. The van der Waals surface area contributed by atoms with Gasteiger partial charge in [-0.3, -0.25) is 24.1 Å². The van der Waals surface area contributed by atoms with Crippen LogP contribution in [-0.4, -0.2) is 46.5 Å². The monoisotopic (exact) mass is 391 g/mol. The molecule has 0 saturated heterocycles. The minimum absolute atomic E-state index is 0.107. The van der Waals surface area contributed by atoms with Gasteiger partial charge in [0.25, 0.3) is 11.8 Å². The first-order chi connectivity index (χ1) is 14.0. The van der Waals surface area contributed by atoms with Gasteiger partial charge in [-0.25, -0.2) is 0 Å². The summed E-state index contributed by atoms with van der Waals surface area (Å²) in [5.74, 6) is -1.26. The van der Waals surface area contributed by atoms with Crippen LogP contribution in [0.1, 0.15) is 45.2 Å². The third kappa shape index (κ3) is 3.51. The fourth-order valence-electron chi connectivity index (χ4n) is 3.80. The van der Waals surface area contributed by atoms with Crippen molar-refractivity contribution in [1.29, 1.82) is 0 Å². The van der Waals surface area contributed by atoms with Gasteiger partial charge in [0, 0.05) is 25.2 Å². The molecule has 4 rings (SSSR count). The highest BCUT2D eigenvalue weighted by molar-refractivity contribution is 6.22. The predicted octanol–water partition coefficient (Wildman–Crippen LogP) is 2.22. The lowest BCUT2D eigenvalue weighted by atomic mass is 9.99. The van der Waals surface area contributed by atoms with Gasteiger partial charge < -0.3 is 10.2 Å². The molecule has 2 heterocycles. The van der Waals surface area contributed by atoms with Crippen LogP contribution in [0.15, 0.2) is 42.5 Å². The molecule has 148 valence electrons. The molecular formula is C22H21N3O4. The smallest absolute Gasteiger partial charge is 0.262 e. The number of anilines is 1. The van der Waals surface area contributed by atoms with Gasteiger partial charge in [-0.1, -0.05) is 25.1 Å². The Morgan fingerprint density at radius 3 is 2.34 bits per heavy atom. The molecule has 0 aliphatic carbocycles. The summed E-state index contributed by atoms with van der Waals surface area (Å²) in [6.07, 6.45) is 1.25. The predicted molar refractivity (Wildman–Crippen MR) is 106 cm³/mol. The zero-order chi connectivity index (χ0) is 20.5. The van der Waals surface area contributed by atoms with Gasteiger partial charge in [0.15, 0.2) is 0 Å². The summed E-state index contributed by atoms with van der Waals surface area (Å²) in [6.45, 7) is 2.72. The standard InChI is InChI=1S/C22H21N3O4/c1-2-20(27)24-10-9-14-7-8-16(11-15(14)12-24)23-19(26)13-25-21(28)17-5-3-4-6-18(17)22(25)29/h3-8,11H,2,9-10,12-13H2,1H3,(H,23,26). The van der Waals surface area contributed by atoms with Crippen LogP contribution >= 0.6 is 0 Å². The Hall–Kier alpha value is -3.48. The Bertz CT molecular complexity index is 995. The second-order valence-corrected chi connectivity index (χ2v) is 7.19. The van der Waals surface area contributed by atoms with E-state index in [0.717, 1.165) is 22.4 Å². The summed E-state index contributed by atoms with van der Waals surface area (Å²) in [7, 11) is 0. The second kappa shape index (κ2) is 7.50. The molecule has 1 N–H and O–H groups in total. The number of hydrogen-bond donors (Lipinski definition) is 1. The number of nitrogens with one attached hydrogen (secondary N) is 1. The van der Waals surface area contributed by atoms with E-state index in [9.17, 15) is 19.2 Å². The zero-order valence-corrected chi connectivity index (χ0v) is 16.1. The highest BCUT2D eigenvalue weighted by Crippen LogP contribution is 2.24. The van der Waals surface area contributed by atoms with E-state index >= 15 is 0 Å². The lowest BCUT2D eigenvalue weighted by molar-refractivity contribution is -0.131. The number of rotatable bonds is 4.